The van der Waals surface area contributed by atoms with Crippen LogP contribution in [0.4, 0.5) is 0 Å². The Morgan fingerprint density at radius 2 is 1.75 bits per heavy atom. The number of hydrogen-bond donors (Lipinski definition) is 1. The minimum Gasteiger partial charge on any atom is -0.480 e. The van der Waals surface area contributed by atoms with Crippen molar-refractivity contribution in [1.82, 2.24) is 0 Å². The molecular weight excluding hydrogens is 300 g/mol. The number of benzene rings is 1. The van der Waals surface area contributed by atoms with Gasteiger partial charge in [-0.3, -0.25) is 9.00 Å². The van der Waals surface area contributed by atoms with E-state index in [1.54, 1.807) is 0 Å². The Morgan fingerprint density at radius 3 is 2.10 bits per heavy atom. The molecule has 0 heterocycles. The van der Waals surface area contributed by atoms with E-state index in [0.29, 0.717) is 11.3 Å². The van der Waals surface area contributed by atoms with Gasteiger partial charge in [-0.15, -0.1) is 0 Å². The molecule has 2 atom stereocenters. The molecule has 112 valence electrons. The maximum atomic E-state index is 12.3. The third kappa shape index (κ3) is 4.42. The maximum absolute atomic E-state index is 12.3. The Hall–Kier alpha value is -1.21. The van der Waals surface area contributed by atoms with E-state index in [4.69, 9.17) is 5.11 Å². The van der Waals surface area contributed by atoms with Gasteiger partial charge in [0.25, 0.3) is 0 Å². The van der Waals surface area contributed by atoms with Crippen molar-refractivity contribution >= 4 is 26.6 Å². The molecular formula is C13H18O5S2. The fourth-order valence-corrected chi connectivity index (χ4v) is 3.80. The number of carbonyl (C=O) groups is 1. The predicted octanol–water partition coefficient (Wildman–Crippen LogP) is 1.70. The van der Waals surface area contributed by atoms with Crippen LogP contribution in [-0.2, 0) is 25.4 Å². The Bertz CT molecular complexity index is 602. The molecule has 0 fully saturated rings. The van der Waals surface area contributed by atoms with Crippen molar-refractivity contribution in [3.63, 3.8) is 0 Å². The van der Waals surface area contributed by atoms with E-state index in [0.717, 1.165) is 6.26 Å². The van der Waals surface area contributed by atoms with E-state index in [1.807, 2.05) is 13.8 Å². The molecule has 0 bridgehead atoms. The average Bonchev–Trinajstić information content (AvgIpc) is 2.33. The zero-order chi connectivity index (χ0) is 15.5. The van der Waals surface area contributed by atoms with E-state index in [-0.39, 0.29) is 10.8 Å². The van der Waals surface area contributed by atoms with Crippen LogP contribution in [0.2, 0.25) is 0 Å². The lowest BCUT2D eigenvalue weighted by Crippen LogP contribution is -2.27. The van der Waals surface area contributed by atoms with Crippen molar-refractivity contribution in [2.45, 2.75) is 35.3 Å². The molecule has 2 unspecified atom stereocenters. The van der Waals surface area contributed by atoms with E-state index in [2.05, 4.69) is 0 Å². The Labute approximate surface area is 121 Å². The number of carboxylic acid groups (broad SMARTS) is 1. The SMILES string of the molecule is CC(C)CC(C(=O)O)S(=O)c1ccc(S(C)(=O)=O)cc1. The molecule has 0 spiro atoms. The predicted molar refractivity (Wildman–Crippen MR) is 76.8 cm³/mol. The summed E-state index contributed by atoms with van der Waals surface area (Å²) < 4.78 is 34.9. The van der Waals surface area contributed by atoms with Crippen LogP contribution in [0.3, 0.4) is 0 Å². The fourth-order valence-electron chi connectivity index (χ4n) is 1.69. The summed E-state index contributed by atoms with van der Waals surface area (Å²) in [5, 5.41) is 8.16. The summed E-state index contributed by atoms with van der Waals surface area (Å²) in [7, 11) is -5.02. The van der Waals surface area contributed by atoms with Gasteiger partial charge in [0.1, 0.15) is 5.25 Å². The molecule has 0 aliphatic heterocycles. The molecule has 1 rings (SSSR count). The lowest BCUT2D eigenvalue weighted by Gasteiger charge is -2.14. The van der Waals surface area contributed by atoms with Crippen LogP contribution in [0.25, 0.3) is 0 Å². The highest BCUT2D eigenvalue weighted by atomic mass is 32.2. The van der Waals surface area contributed by atoms with Gasteiger partial charge in [0.15, 0.2) is 9.84 Å². The molecule has 0 aromatic heterocycles. The van der Waals surface area contributed by atoms with Gasteiger partial charge in [0, 0.05) is 11.2 Å². The number of carboxylic acids is 1. The van der Waals surface area contributed by atoms with Gasteiger partial charge in [-0.1, -0.05) is 13.8 Å². The molecule has 20 heavy (non-hydrogen) atoms. The number of hydrogen-bond acceptors (Lipinski definition) is 4. The summed E-state index contributed by atoms with van der Waals surface area (Å²) in [6.07, 6.45) is 1.38. The van der Waals surface area contributed by atoms with Crippen molar-refractivity contribution < 1.29 is 22.5 Å². The van der Waals surface area contributed by atoms with Crippen molar-refractivity contribution in [2.24, 2.45) is 5.92 Å². The smallest absolute Gasteiger partial charge is 0.319 e. The molecule has 0 saturated carbocycles. The topological polar surface area (TPSA) is 88.5 Å². The van der Waals surface area contributed by atoms with Crippen LogP contribution >= 0.6 is 0 Å². The average molecular weight is 318 g/mol. The zero-order valence-corrected chi connectivity index (χ0v) is 13.2. The maximum Gasteiger partial charge on any atom is 0.319 e. The van der Waals surface area contributed by atoms with Crippen LogP contribution in [-0.4, -0.2) is 35.2 Å². The van der Waals surface area contributed by atoms with Gasteiger partial charge in [0.05, 0.1) is 15.7 Å². The molecule has 1 N–H and O–H groups in total. The summed E-state index contributed by atoms with van der Waals surface area (Å²) >= 11 is 0. The second kappa shape index (κ2) is 6.49. The van der Waals surface area contributed by atoms with E-state index in [9.17, 15) is 17.4 Å². The van der Waals surface area contributed by atoms with Gasteiger partial charge < -0.3 is 5.11 Å². The summed E-state index contributed by atoms with van der Waals surface area (Å²) in [4.78, 5) is 11.6. The normalized spacial score (nSPS) is 15.0. The van der Waals surface area contributed by atoms with Gasteiger partial charge in [-0.25, -0.2) is 8.42 Å². The second-order valence-electron chi connectivity index (χ2n) is 5.00. The van der Waals surface area contributed by atoms with Gasteiger partial charge in [0.2, 0.25) is 0 Å². The van der Waals surface area contributed by atoms with Gasteiger partial charge in [-0.05, 0) is 36.6 Å². The van der Waals surface area contributed by atoms with Gasteiger partial charge in [-0.2, -0.15) is 0 Å². The lowest BCUT2D eigenvalue weighted by molar-refractivity contribution is -0.136. The Balaban J connectivity index is 3.04. The van der Waals surface area contributed by atoms with E-state index >= 15 is 0 Å². The highest BCUT2D eigenvalue weighted by Gasteiger charge is 2.27. The molecule has 0 aliphatic rings. The number of rotatable bonds is 6. The first-order valence-electron chi connectivity index (χ1n) is 6.06. The van der Waals surface area contributed by atoms with Gasteiger partial charge >= 0.3 is 5.97 Å². The monoisotopic (exact) mass is 318 g/mol. The van der Waals surface area contributed by atoms with Crippen LogP contribution in [0.5, 0.6) is 0 Å². The fraction of sp³-hybridized carbons (Fsp3) is 0.462. The molecule has 0 aliphatic carbocycles. The third-order valence-electron chi connectivity index (χ3n) is 2.70. The number of aliphatic carboxylic acids is 1. The molecule has 0 radical (unpaired) electrons. The zero-order valence-electron chi connectivity index (χ0n) is 11.6. The van der Waals surface area contributed by atoms with E-state index in [1.165, 1.54) is 24.3 Å². The van der Waals surface area contributed by atoms with Crippen LogP contribution in [0.1, 0.15) is 20.3 Å². The molecule has 1 aromatic rings. The summed E-state index contributed by atoms with van der Waals surface area (Å²) in [5.41, 5.74) is 0. The summed E-state index contributed by atoms with van der Waals surface area (Å²) in [6, 6.07) is 5.50. The highest BCUT2D eigenvalue weighted by Crippen LogP contribution is 2.20. The lowest BCUT2D eigenvalue weighted by atomic mass is 10.1. The first-order valence-corrected chi connectivity index (χ1v) is 9.17. The standard InChI is InChI=1S/C13H18O5S2/c1-9(2)8-12(13(14)15)19(16)10-4-6-11(7-5-10)20(3,17)18/h4-7,9,12H,8H2,1-3H3,(H,14,15). The van der Waals surface area contributed by atoms with Crippen molar-refractivity contribution in [2.75, 3.05) is 6.26 Å². The summed E-state index contributed by atoms with van der Waals surface area (Å²) in [5.74, 6) is -1.00. The van der Waals surface area contributed by atoms with Crippen LogP contribution in [0, 0.1) is 5.92 Å². The Morgan fingerprint density at radius 1 is 1.25 bits per heavy atom. The molecule has 1 aromatic carbocycles. The molecule has 0 amide bonds. The first kappa shape index (κ1) is 16.8. The second-order valence-corrected chi connectivity index (χ2v) is 8.65. The largest absolute Gasteiger partial charge is 0.480 e. The molecule has 0 saturated heterocycles. The van der Waals surface area contributed by atoms with Crippen molar-refractivity contribution in [1.29, 1.82) is 0 Å². The quantitative estimate of drug-likeness (QED) is 0.862. The van der Waals surface area contributed by atoms with E-state index < -0.39 is 31.9 Å². The van der Waals surface area contributed by atoms with Crippen molar-refractivity contribution in [3.8, 4) is 0 Å². The minimum absolute atomic E-state index is 0.107. The highest BCUT2D eigenvalue weighted by molar-refractivity contribution is 7.90. The molecule has 5 nitrogen and oxygen atoms in total. The first-order chi connectivity index (χ1) is 9.12. The summed E-state index contributed by atoms with van der Waals surface area (Å²) in [6.45, 7) is 3.72. The third-order valence-corrected chi connectivity index (χ3v) is 5.48. The number of sulfone groups is 1. The minimum atomic E-state index is -3.32. The Kier molecular flexibility index (Phi) is 5.47. The van der Waals surface area contributed by atoms with Crippen molar-refractivity contribution in [3.05, 3.63) is 24.3 Å². The van der Waals surface area contributed by atoms with Crippen LogP contribution < -0.4 is 0 Å². The van der Waals surface area contributed by atoms with Crippen LogP contribution in [0.15, 0.2) is 34.1 Å². The molecule has 7 heteroatoms.